The van der Waals surface area contributed by atoms with Crippen molar-refractivity contribution in [2.24, 2.45) is 0 Å². The first kappa shape index (κ1) is 30.7. The molecule has 0 spiro atoms. The molecule has 0 aromatic rings. The van der Waals surface area contributed by atoms with Gasteiger partial charge in [-0.2, -0.15) is 0 Å². The van der Waals surface area contributed by atoms with E-state index >= 15 is 0 Å². The Kier molecular flexibility index (Phi) is 17.1. The number of aliphatic hydroxyl groups is 2. The molecule has 1 atom stereocenters. The van der Waals surface area contributed by atoms with Gasteiger partial charge in [0.1, 0.15) is 32.3 Å². The van der Waals surface area contributed by atoms with Crippen LogP contribution in [0.5, 0.6) is 0 Å². The summed E-state index contributed by atoms with van der Waals surface area (Å²) in [5.74, 6) is -0.533. The zero-order valence-corrected chi connectivity index (χ0v) is 21.8. The Bertz CT molecular complexity index is 669. The molecule has 31 heavy (non-hydrogen) atoms. The molecule has 1 aliphatic heterocycles. The van der Waals surface area contributed by atoms with Gasteiger partial charge in [0.2, 0.25) is 5.78 Å². The number of rotatable bonds is 18. The van der Waals surface area contributed by atoms with Crippen molar-refractivity contribution in [3.8, 4) is 0 Å². The second-order valence-corrected chi connectivity index (χ2v) is 9.39. The molecule has 1 unspecified atom stereocenters. The molecule has 1 heterocycles. The summed E-state index contributed by atoms with van der Waals surface area (Å²) in [6.07, 6.45) is 10.9. The number of β-amino-alcohol motifs (C(OH)–C–C–N with tert-alkyl or cyclic N) is 2. The number of carbonyl (C=O) groups is 1. The van der Waals surface area contributed by atoms with Crippen LogP contribution in [0.25, 0.3) is 0 Å². The predicted molar refractivity (Wildman–Crippen MR) is 116 cm³/mol. The Morgan fingerprint density at radius 3 is 2.29 bits per heavy atom. The van der Waals surface area contributed by atoms with Crippen molar-refractivity contribution in [1.29, 1.82) is 0 Å². The fourth-order valence-corrected chi connectivity index (χ4v) is 4.39. The number of allylic oxidation sites excluding steroid dienone is 1. The normalized spacial score (nSPS) is 15.1. The molecule has 8 nitrogen and oxygen atoms in total. The van der Waals surface area contributed by atoms with Crippen LogP contribution in [0.4, 0.5) is 0 Å². The maximum atomic E-state index is 12.8. The molecule has 0 aliphatic carbocycles. The van der Waals surface area contributed by atoms with Crippen molar-refractivity contribution < 1.29 is 62.1 Å². The van der Waals surface area contributed by atoms with Crippen molar-refractivity contribution in [2.45, 2.75) is 70.3 Å². The second-order valence-electron chi connectivity index (χ2n) is 7.94. The molecular formula is C21H38N2NaO6S+. The number of amidine groups is 1. The van der Waals surface area contributed by atoms with Crippen molar-refractivity contribution >= 4 is 21.7 Å². The molecule has 1 aliphatic rings. The second kappa shape index (κ2) is 17.2. The van der Waals surface area contributed by atoms with E-state index in [-0.39, 0.29) is 48.5 Å². The van der Waals surface area contributed by atoms with Crippen LogP contribution in [0, 0.1) is 0 Å². The number of carbonyl (C=O) groups excluding carboxylic acids is 1. The van der Waals surface area contributed by atoms with Crippen molar-refractivity contribution in [3.05, 3.63) is 12.7 Å². The minimum absolute atomic E-state index is 0. The minimum Gasteiger partial charge on any atom is -0.748 e. The van der Waals surface area contributed by atoms with Gasteiger partial charge in [0, 0.05) is 6.42 Å². The largest absolute Gasteiger partial charge is 1.00 e. The van der Waals surface area contributed by atoms with Crippen LogP contribution < -0.4 is 29.6 Å². The molecule has 0 aromatic carbocycles. The van der Waals surface area contributed by atoms with E-state index in [2.05, 4.69) is 6.58 Å². The molecule has 0 amide bonds. The molecule has 0 aromatic heterocycles. The number of Topliss-reactive ketones (excluding diaryl/α,β-unsaturated/α-hetero) is 1. The Morgan fingerprint density at radius 1 is 1.16 bits per heavy atom. The van der Waals surface area contributed by atoms with Crippen LogP contribution in [0.2, 0.25) is 0 Å². The first-order chi connectivity index (χ1) is 14.3. The van der Waals surface area contributed by atoms with E-state index in [0.29, 0.717) is 31.9 Å². The number of nitrogens with zero attached hydrogens (tertiary/aromatic N) is 2. The van der Waals surface area contributed by atoms with Gasteiger partial charge in [0.15, 0.2) is 0 Å². The van der Waals surface area contributed by atoms with Gasteiger partial charge in [-0.15, -0.1) is 6.58 Å². The van der Waals surface area contributed by atoms with Gasteiger partial charge in [-0.05, 0) is 19.3 Å². The summed E-state index contributed by atoms with van der Waals surface area (Å²) in [7, 11) is -4.54. The van der Waals surface area contributed by atoms with Crippen LogP contribution >= 0.6 is 0 Å². The average molecular weight is 470 g/mol. The zero-order valence-electron chi connectivity index (χ0n) is 19.0. The summed E-state index contributed by atoms with van der Waals surface area (Å²) in [5, 5.41) is 19.2. The van der Waals surface area contributed by atoms with Crippen molar-refractivity contribution in [1.82, 2.24) is 4.90 Å². The number of hydrogen-bond acceptors (Lipinski definition) is 7. The average Bonchev–Trinajstić information content (AvgIpc) is 3.04. The van der Waals surface area contributed by atoms with Gasteiger partial charge < -0.3 is 14.8 Å². The van der Waals surface area contributed by atoms with Gasteiger partial charge in [-0.3, -0.25) is 14.3 Å². The number of ketones is 1. The first-order valence-corrected chi connectivity index (χ1v) is 12.6. The molecule has 2 N–H and O–H groups in total. The summed E-state index contributed by atoms with van der Waals surface area (Å²) in [6.45, 7) is 4.80. The molecule has 0 radical (unpaired) electrons. The predicted octanol–water partition coefficient (Wildman–Crippen LogP) is -1.73. The maximum absolute atomic E-state index is 12.8. The molecule has 0 saturated carbocycles. The summed E-state index contributed by atoms with van der Waals surface area (Å²) >= 11 is 0. The van der Waals surface area contributed by atoms with Gasteiger partial charge in [-0.25, -0.2) is 8.42 Å². The summed E-state index contributed by atoms with van der Waals surface area (Å²) in [6, 6.07) is 0. The number of hydrogen-bond donors (Lipinski definition) is 2. The van der Waals surface area contributed by atoms with Gasteiger partial charge in [0.25, 0.3) is 0 Å². The molecule has 0 bridgehead atoms. The number of unbranched alkanes of at least 4 members (excludes halogenated alkanes) is 8. The molecule has 0 saturated heterocycles. The van der Waals surface area contributed by atoms with E-state index in [1.165, 1.54) is 25.7 Å². The van der Waals surface area contributed by atoms with Gasteiger partial charge in [-0.1, -0.05) is 44.6 Å². The smallest absolute Gasteiger partial charge is 0.748 e. The Hall–Kier alpha value is -0.290. The van der Waals surface area contributed by atoms with E-state index in [1.807, 2.05) is 6.08 Å². The third kappa shape index (κ3) is 13.8. The SMILES string of the molecule is C=CCCCCCCCCCCC(=O)C1=[N+](CC(O)CS(=O)(=O)[O-])CCN1CCO.[Na+]. The molecule has 0 fully saturated rings. The number of aliphatic hydroxyl groups excluding tert-OH is 2. The van der Waals surface area contributed by atoms with E-state index < -0.39 is 22.0 Å². The first-order valence-electron chi connectivity index (χ1n) is 11.0. The summed E-state index contributed by atoms with van der Waals surface area (Å²) in [4.78, 5) is 14.5. The van der Waals surface area contributed by atoms with E-state index in [4.69, 9.17) is 0 Å². The topological polar surface area (TPSA) is 121 Å². The van der Waals surface area contributed by atoms with Crippen LogP contribution in [0.15, 0.2) is 12.7 Å². The van der Waals surface area contributed by atoms with Crippen LogP contribution in [0.3, 0.4) is 0 Å². The standard InChI is InChI=1S/C21H38N2O6S.Na/c1-2-3-4-5-6-7-8-9-10-11-12-20(26)21-22(15-16-24)13-14-23(21)17-19(25)18-30(27,28)29;/h2,19,24-25H,1,3-18H2;/q;+1. The summed E-state index contributed by atoms with van der Waals surface area (Å²) < 4.78 is 34.2. The molecule has 1 rings (SSSR count). The van der Waals surface area contributed by atoms with Crippen LogP contribution in [-0.4, -0.2) is 88.9 Å². The van der Waals surface area contributed by atoms with E-state index in [1.54, 1.807) is 9.48 Å². The van der Waals surface area contributed by atoms with Crippen molar-refractivity contribution in [3.63, 3.8) is 0 Å². The fourth-order valence-electron chi connectivity index (χ4n) is 3.81. The summed E-state index contributed by atoms with van der Waals surface area (Å²) in [5.41, 5.74) is 0. The molecule has 174 valence electrons. The Labute approximate surface area is 209 Å². The van der Waals surface area contributed by atoms with E-state index in [0.717, 1.165) is 32.1 Å². The van der Waals surface area contributed by atoms with Gasteiger partial charge >= 0.3 is 35.4 Å². The maximum Gasteiger partial charge on any atom is 1.00 e. The third-order valence-electron chi connectivity index (χ3n) is 5.25. The van der Waals surface area contributed by atoms with Crippen LogP contribution in [-0.2, 0) is 14.9 Å². The zero-order chi connectivity index (χ0) is 22.4. The third-order valence-corrected chi connectivity index (χ3v) is 6.04. The quantitative estimate of drug-likeness (QED) is 0.0805. The molecular weight excluding hydrogens is 431 g/mol. The van der Waals surface area contributed by atoms with Crippen LogP contribution in [0.1, 0.15) is 64.2 Å². The minimum atomic E-state index is -4.54. The molecule has 10 heteroatoms. The van der Waals surface area contributed by atoms with Crippen molar-refractivity contribution in [2.75, 3.05) is 38.5 Å². The Balaban J connectivity index is 0.00000900. The fraction of sp³-hybridized carbons (Fsp3) is 0.810. The van der Waals surface area contributed by atoms with E-state index in [9.17, 15) is 28.0 Å². The van der Waals surface area contributed by atoms with Gasteiger partial charge in [0.05, 0.1) is 22.5 Å². The monoisotopic (exact) mass is 469 g/mol. The Morgan fingerprint density at radius 2 is 1.74 bits per heavy atom.